The fourth-order valence-electron chi connectivity index (χ4n) is 2.45. The zero-order valence-corrected chi connectivity index (χ0v) is 15.9. The molecular weight excluding hydrogens is 372 g/mol. The van der Waals surface area contributed by atoms with Gasteiger partial charge in [0.05, 0.1) is 17.7 Å². The summed E-state index contributed by atoms with van der Waals surface area (Å²) in [5, 5.41) is 8.99. The summed E-state index contributed by atoms with van der Waals surface area (Å²) in [5.41, 5.74) is 0.224. The molecule has 0 fully saturated rings. The normalized spacial score (nSPS) is 11.5. The molecule has 9 heteroatoms. The zero-order chi connectivity index (χ0) is 20.0. The van der Waals surface area contributed by atoms with Gasteiger partial charge in [-0.1, -0.05) is 13.8 Å². The third kappa shape index (κ3) is 5.93. The van der Waals surface area contributed by atoms with Crippen LogP contribution in [0.3, 0.4) is 0 Å². The van der Waals surface area contributed by atoms with Gasteiger partial charge in [0.25, 0.3) is 5.91 Å². The molecule has 2 rings (SSSR count). The molecule has 1 heterocycles. The number of rotatable bonds is 9. The average Bonchev–Trinajstić information content (AvgIpc) is 3.12. The highest BCUT2D eigenvalue weighted by atomic mass is 32.2. The van der Waals surface area contributed by atoms with Crippen molar-refractivity contribution in [3.63, 3.8) is 0 Å². The lowest BCUT2D eigenvalue weighted by molar-refractivity contribution is -0.137. The number of carbonyl (C=O) groups excluding carboxylic acids is 1. The number of hydrogen-bond acceptors (Lipinski definition) is 5. The van der Waals surface area contributed by atoms with Gasteiger partial charge in [-0.05, 0) is 42.3 Å². The molecule has 0 saturated heterocycles. The van der Waals surface area contributed by atoms with Gasteiger partial charge >= 0.3 is 5.97 Å². The summed E-state index contributed by atoms with van der Waals surface area (Å²) in [6.45, 7) is 3.64. The second kappa shape index (κ2) is 8.83. The fourth-order valence-corrected chi connectivity index (χ4v) is 3.44. The Kier molecular flexibility index (Phi) is 6.75. The van der Waals surface area contributed by atoms with Crippen molar-refractivity contribution >= 4 is 21.9 Å². The molecule has 0 saturated carbocycles. The van der Waals surface area contributed by atoms with E-state index in [2.05, 4.69) is 4.72 Å². The molecule has 27 heavy (non-hydrogen) atoms. The molecule has 0 radical (unpaired) electrons. The van der Waals surface area contributed by atoms with Crippen molar-refractivity contribution in [3.8, 4) is 0 Å². The first kappa shape index (κ1) is 20.7. The predicted octanol–water partition coefficient (Wildman–Crippen LogP) is 1.94. The molecule has 8 nitrogen and oxygen atoms in total. The van der Waals surface area contributed by atoms with Crippen molar-refractivity contribution < 1.29 is 27.5 Å². The highest BCUT2D eigenvalue weighted by Crippen LogP contribution is 2.14. The van der Waals surface area contributed by atoms with E-state index in [1.807, 2.05) is 13.8 Å². The molecule has 0 bridgehead atoms. The van der Waals surface area contributed by atoms with Crippen molar-refractivity contribution in [1.29, 1.82) is 0 Å². The molecule has 1 aromatic carbocycles. The van der Waals surface area contributed by atoms with Crippen LogP contribution in [-0.2, 0) is 21.4 Å². The first-order valence-electron chi connectivity index (χ1n) is 8.32. The van der Waals surface area contributed by atoms with Crippen molar-refractivity contribution in [1.82, 2.24) is 9.62 Å². The topological polar surface area (TPSA) is 117 Å². The third-order valence-corrected chi connectivity index (χ3v) is 5.04. The molecule has 0 aliphatic heterocycles. The van der Waals surface area contributed by atoms with Crippen LogP contribution in [0.2, 0.25) is 0 Å². The number of aliphatic carboxylic acids is 1. The summed E-state index contributed by atoms with van der Waals surface area (Å²) < 4.78 is 32.1. The maximum atomic E-state index is 12.5. The van der Waals surface area contributed by atoms with Gasteiger partial charge in [0.15, 0.2) is 0 Å². The number of carboxylic acids is 1. The minimum Gasteiger partial charge on any atom is -0.480 e. The van der Waals surface area contributed by atoms with Crippen LogP contribution in [0, 0.1) is 5.92 Å². The molecule has 2 N–H and O–H groups in total. The molecule has 0 aliphatic rings. The Morgan fingerprint density at radius 2 is 1.85 bits per heavy atom. The maximum Gasteiger partial charge on any atom is 0.323 e. The van der Waals surface area contributed by atoms with E-state index in [0.29, 0.717) is 5.76 Å². The quantitative estimate of drug-likeness (QED) is 0.671. The van der Waals surface area contributed by atoms with Gasteiger partial charge in [-0.2, -0.15) is 0 Å². The molecular formula is C18H22N2O6S. The van der Waals surface area contributed by atoms with E-state index in [4.69, 9.17) is 9.52 Å². The number of carboxylic acid groups (broad SMARTS) is 1. The van der Waals surface area contributed by atoms with E-state index in [1.165, 1.54) is 35.4 Å². The highest BCUT2D eigenvalue weighted by molar-refractivity contribution is 7.89. The summed E-state index contributed by atoms with van der Waals surface area (Å²) in [6, 6.07) is 8.68. The average molecular weight is 394 g/mol. The second-order valence-electron chi connectivity index (χ2n) is 6.40. The minimum atomic E-state index is -3.77. The van der Waals surface area contributed by atoms with E-state index in [0.717, 1.165) is 0 Å². The van der Waals surface area contributed by atoms with Gasteiger partial charge in [0.1, 0.15) is 12.3 Å². The van der Waals surface area contributed by atoms with Gasteiger partial charge in [0, 0.05) is 12.1 Å². The van der Waals surface area contributed by atoms with Crippen molar-refractivity contribution in [3.05, 3.63) is 54.0 Å². The van der Waals surface area contributed by atoms with Crippen molar-refractivity contribution in [2.24, 2.45) is 5.92 Å². The minimum absolute atomic E-state index is 0.000694. The molecule has 0 spiro atoms. The highest BCUT2D eigenvalue weighted by Gasteiger charge is 2.21. The van der Waals surface area contributed by atoms with Gasteiger partial charge in [0.2, 0.25) is 10.0 Å². The Morgan fingerprint density at radius 1 is 1.19 bits per heavy atom. The molecule has 0 aliphatic carbocycles. The van der Waals surface area contributed by atoms with Crippen LogP contribution >= 0.6 is 0 Å². The standard InChI is InChI=1S/C18H22N2O6S/c1-13(2)11-20(12-17(21)22)18(23)14-5-7-16(8-6-14)27(24,25)19-10-15-4-3-9-26-15/h3-9,13,19H,10-12H2,1-2H3,(H,21,22). The Morgan fingerprint density at radius 3 is 2.37 bits per heavy atom. The van der Waals surface area contributed by atoms with Gasteiger partial charge in [-0.25, -0.2) is 13.1 Å². The van der Waals surface area contributed by atoms with Gasteiger partial charge in [-0.15, -0.1) is 0 Å². The Balaban J connectivity index is 2.12. The number of carbonyl (C=O) groups is 2. The number of hydrogen-bond donors (Lipinski definition) is 2. The molecule has 1 aromatic heterocycles. The summed E-state index contributed by atoms with van der Waals surface area (Å²) in [7, 11) is -3.77. The van der Waals surface area contributed by atoms with Crippen molar-refractivity contribution in [2.45, 2.75) is 25.3 Å². The van der Waals surface area contributed by atoms with Crippen LogP contribution in [0.5, 0.6) is 0 Å². The van der Waals surface area contributed by atoms with E-state index >= 15 is 0 Å². The zero-order valence-electron chi connectivity index (χ0n) is 15.1. The Hall–Kier alpha value is -2.65. The predicted molar refractivity (Wildman–Crippen MR) is 97.6 cm³/mol. The maximum absolute atomic E-state index is 12.5. The van der Waals surface area contributed by atoms with Crippen molar-refractivity contribution in [2.75, 3.05) is 13.1 Å². The molecule has 146 valence electrons. The molecule has 0 atom stereocenters. The summed E-state index contributed by atoms with van der Waals surface area (Å²) in [4.78, 5) is 24.8. The number of nitrogens with zero attached hydrogens (tertiary/aromatic N) is 1. The number of benzene rings is 1. The fraction of sp³-hybridized carbons (Fsp3) is 0.333. The van der Waals surface area contributed by atoms with Crippen LogP contribution in [0.25, 0.3) is 0 Å². The van der Waals surface area contributed by atoms with Crippen LogP contribution < -0.4 is 4.72 Å². The smallest absolute Gasteiger partial charge is 0.323 e. The third-order valence-electron chi connectivity index (χ3n) is 3.63. The summed E-state index contributed by atoms with van der Waals surface area (Å²) >= 11 is 0. The molecule has 2 aromatic rings. The Bertz CT molecular complexity index is 873. The number of amides is 1. The van der Waals surface area contributed by atoms with Crippen LogP contribution in [0.4, 0.5) is 0 Å². The number of nitrogens with one attached hydrogen (secondary N) is 1. The van der Waals surface area contributed by atoms with Crippen LogP contribution in [-0.4, -0.2) is 43.4 Å². The van der Waals surface area contributed by atoms with Gasteiger partial charge in [-0.3, -0.25) is 9.59 Å². The summed E-state index contributed by atoms with van der Waals surface area (Å²) in [5.74, 6) is -0.994. The van der Waals surface area contributed by atoms with E-state index in [-0.39, 0.29) is 29.5 Å². The number of sulfonamides is 1. The lowest BCUT2D eigenvalue weighted by Crippen LogP contribution is -2.38. The molecule has 0 unspecified atom stereocenters. The van der Waals surface area contributed by atoms with Crippen LogP contribution in [0.1, 0.15) is 30.0 Å². The molecule has 1 amide bonds. The van der Waals surface area contributed by atoms with Gasteiger partial charge < -0.3 is 14.4 Å². The van der Waals surface area contributed by atoms with E-state index in [9.17, 15) is 18.0 Å². The lowest BCUT2D eigenvalue weighted by atomic mass is 10.1. The van der Waals surface area contributed by atoms with Crippen LogP contribution in [0.15, 0.2) is 52.0 Å². The number of furan rings is 1. The van der Waals surface area contributed by atoms with E-state index in [1.54, 1.807) is 12.1 Å². The summed E-state index contributed by atoms with van der Waals surface area (Å²) in [6.07, 6.45) is 1.45. The lowest BCUT2D eigenvalue weighted by Gasteiger charge is -2.22. The second-order valence-corrected chi connectivity index (χ2v) is 8.17. The first-order chi connectivity index (χ1) is 12.7. The van der Waals surface area contributed by atoms with E-state index < -0.39 is 28.4 Å². The Labute approximate surface area is 157 Å². The monoisotopic (exact) mass is 394 g/mol. The largest absolute Gasteiger partial charge is 0.480 e. The SMILES string of the molecule is CC(C)CN(CC(=O)O)C(=O)c1ccc(S(=O)(=O)NCc2ccco2)cc1. The first-order valence-corrected chi connectivity index (χ1v) is 9.80.